The Labute approximate surface area is 131 Å². The van der Waals surface area contributed by atoms with Crippen molar-refractivity contribution in [1.29, 1.82) is 0 Å². The van der Waals surface area contributed by atoms with Gasteiger partial charge in [0.1, 0.15) is 5.78 Å². The molecule has 2 aromatic rings. The summed E-state index contributed by atoms with van der Waals surface area (Å²) in [5, 5.41) is 9.62. The minimum absolute atomic E-state index is 0.163. The van der Waals surface area contributed by atoms with Crippen molar-refractivity contribution in [2.75, 3.05) is 0 Å². The molecule has 1 aliphatic carbocycles. The van der Waals surface area contributed by atoms with Gasteiger partial charge in [0.05, 0.1) is 12.2 Å². The summed E-state index contributed by atoms with van der Waals surface area (Å²) < 4.78 is 0. The molecular weight excluding hydrogens is 302 g/mol. The van der Waals surface area contributed by atoms with E-state index in [0.717, 1.165) is 21.6 Å². The second-order valence-electron chi connectivity index (χ2n) is 5.20. The van der Waals surface area contributed by atoms with Gasteiger partial charge in [-0.3, -0.25) is 9.63 Å². The van der Waals surface area contributed by atoms with Crippen molar-refractivity contribution in [2.24, 2.45) is 5.90 Å². The number of nitrogens with two attached hydrogens (primary N) is 1. The Morgan fingerprint density at radius 2 is 2.09 bits per heavy atom. The summed E-state index contributed by atoms with van der Waals surface area (Å²) in [7, 11) is 0. The maximum absolute atomic E-state index is 11.7. The van der Waals surface area contributed by atoms with E-state index in [1.165, 1.54) is 11.3 Å². The lowest BCUT2D eigenvalue weighted by Crippen LogP contribution is -2.13. The summed E-state index contributed by atoms with van der Waals surface area (Å²) >= 11 is 1.39. The molecule has 0 atom stereocenters. The van der Waals surface area contributed by atoms with Crippen LogP contribution in [0.3, 0.4) is 0 Å². The van der Waals surface area contributed by atoms with E-state index >= 15 is 0 Å². The van der Waals surface area contributed by atoms with Crippen LogP contribution in [0.5, 0.6) is 0 Å². The number of fused-ring (bicyclic) bond motifs is 1. The van der Waals surface area contributed by atoms with Crippen molar-refractivity contribution < 1.29 is 19.5 Å². The molecule has 0 aliphatic heterocycles. The van der Waals surface area contributed by atoms with Crippen LogP contribution in [0.25, 0.3) is 10.4 Å². The molecule has 1 aromatic heterocycles. The number of hydrogen-bond acceptors (Lipinski definition) is 5. The third kappa shape index (κ3) is 2.56. The van der Waals surface area contributed by atoms with Crippen LogP contribution < -0.4 is 5.90 Å². The van der Waals surface area contributed by atoms with E-state index < -0.39 is 5.97 Å². The second-order valence-corrected chi connectivity index (χ2v) is 6.30. The Kier molecular flexibility index (Phi) is 4.06. The Hall–Kier alpha value is -2.02. The zero-order valence-electron chi connectivity index (χ0n) is 11.8. The molecule has 0 bridgehead atoms. The molecule has 6 heteroatoms. The van der Waals surface area contributed by atoms with Gasteiger partial charge in [0, 0.05) is 22.6 Å². The van der Waals surface area contributed by atoms with Crippen molar-refractivity contribution in [3.8, 4) is 10.4 Å². The van der Waals surface area contributed by atoms with Crippen molar-refractivity contribution >= 4 is 23.1 Å². The largest absolute Gasteiger partial charge is 0.478 e. The highest BCUT2D eigenvalue weighted by molar-refractivity contribution is 7.16. The molecule has 1 heterocycles. The van der Waals surface area contributed by atoms with Crippen LogP contribution in [0.4, 0.5) is 0 Å². The first kappa shape index (κ1) is 14.9. The number of thiophene rings is 1. The number of carboxylic acids is 1. The van der Waals surface area contributed by atoms with Gasteiger partial charge in [0.2, 0.25) is 0 Å². The Morgan fingerprint density at radius 1 is 1.32 bits per heavy atom. The molecule has 0 spiro atoms. The Balaban J connectivity index is 2.19. The summed E-state index contributed by atoms with van der Waals surface area (Å²) in [6, 6.07) is 7.43. The molecule has 0 amide bonds. The molecule has 1 aliphatic rings. The molecule has 22 heavy (non-hydrogen) atoms. The van der Waals surface area contributed by atoms with E-state index in [1.54, 1.807) is 0 Å². The predicted molar refractivity (Wildman–Crippen MR) is 82.7 cm³/mol. The van der Waals surface area contributed by atoms with Crippen LogP contribution >= 0.6 is 11.3 Å². The summed E-state index contributed by atoms with van der Waals surface area (Å²) in [4.78, 5) is 29.7. The number of rotatable bonds is 4. The SMILES string of the molecule is NOCc1ccccc1-c1sc2c(c1C(=O)O)CCC(=O)C2. The van der Waals surface area contributed by atoms with Gasteiger partial charge in [-0.15, -0.1) is 11.3 Å². The third-order valence-corrected chi connectivity index (χ3v) is 5.08. The van der Waals surface area contributed by atoms with Gasteiger partial charge in [-0.2, -0.15) is 0 Å². The predicted octanol–water partition coefficient (Wildman–Crippen LogP) is 2.56. The highest BCUT2D eigenvalue weighted by Gasteiger charge is 2.28. The van der Waals surface area contributed by atoms with Crippen molar-refractivity contribution in [1.82, 2.24) is 0 Å². The molecule has 0 unspecified atom stereocenters. The first-order valence-electron chi connectivity index (χ1n) is 6.91. The van der Waals surface area contributed by atoms with Crippen LogP contribution in [0.15, 0.2) is 24.3 Å². The van der Waals surface area contributed by atoms with Crippen LogP contribution in [0.1, 0.15) is 32.8 Å². The van der Waals surface area contributed by atoms with Gasteiger partial charge in [0.25, 0.3) is 0 Å². The topological polar surface area (TPSA) is 89.6 Å². The van der Waals surface area contributed by atoms with Gasteiger partial charge in [-0.25, -0.2) is 10.7 Å². The van der Waals surface area contributed by atoms with Gasteiger partial charge in [-0.05, 0) is 23.1 Å². The van der Waals surface area contributed by atoms with E-state index in [1.807, 2.05) is 24.3 Å². The van der Waals surface area contributed by atoms with E-state index in [-0.39, 0.29) is 12.4 Å². The smallest absolute Gasteiger partial charge is 0.337 e. The van der Waals surface area contributed by atoms with E-state index in [4.69, 9.17) is 10.7 Å². The maximum Gasteiger partial charge on any atom is 0.337 e. The minimum atomic E-state index is -0.953. The van der Waals surface area contributed by atoms with E-state index in [0.29, 0.717) is 29.7 Å². The summed E-state index contributed by atoms with van der Waals surface area (Å²) in [5.41, 5.74) is 2.75. The highest BCUT2D eigenvalue weighted by atomic mass is 32.1. The first-order chi connectivity index (χ1) is 10.6. The van der Waals surface area contributed by atoms with Gasteiger partial charge in [0.15, 0.2) is 0 Å². The minimum Gasteiger partial charge on any atom is -0.478 e. The summed E-state index contributed by atoms with van der Waals surface area (Å²) in [6.07, 6.45) is 1.24. The molecule has 3 rings (SSSR count). The lowest BCUT2D eigenvalue weighted by molar-refractivity contribution is -0.118. The fourth-order valence-electron chi connectivity index (χ4n) is 2.82. The number of Topliss-reactive ketones (excluding diaryl/α,β-unsaturated/α-hetero) is 1. The van der Waals surface area contributed by atoms with E-state index in [2.05, 4.69) is 0 Å². The lowest BCUT2D eigenvalue weighted by Gasteiger charge is -2.10. The van der Waals surface area contributed by atoms with Crippen LogP contribution in [-0.4, -0.2) is 16.9 Å². The Bertz CT molecular complexity index is 751. The number of aromatic carboxylic acids is 1. The number of hydrogen-bond donors (Lipinski definition) is 2. The molecule has 0 saturated heterocycles. The standard InChI is InChI=1S/C16H15NO4S/c17-21-8-9-3-1-2-4-11(9)15-14(16(19)20)12-6-5-10(18)7-13(12)22-15/h1-4H,5-8,17H2,(H,19,20). The van der Waals surface area contributed by atoms with Crippen LogP contribution in [0, 0.1) is 0 Å². The number of carboxylic acid groups (broad SMARTS) is 1. The fourth-order valence-corrected chi connectivity index (χ4v) is 4.25. The summed E-state index contributed by atoms with van der Waals surface area (Å²) in [5.74, 6) is 4.37. The average Bonchev–Trinajstić information content (AvgIpc) is 2.86. The first-order valence-corrected chi connectivity index (χ1v) is 7.73. The molecule has 0 fully saturated rings. The molecule has 3 N–H and O–H groups in total. The third-order valence-electron chi connectivity index (χ3n) is 3.82. The van der Waals surface area contributed by atoms with E-state index in [9.17, 15) is 14.7 Å². The second kappa shape index (κ2) is 6.00. The highest BCUT2D eigenvalue weighted by Crippen LogP contribution is 2.41. The monoisotopic (exact) mass is 317 g/mol. The Morgan fingerprint density at radius 3 is 2.82 bits per heavy atom. The molecule has 0 radical (unpaired) electrons. The molecular formula is C16H15NO4S. The normalized spacial score (nSPS) is 14.0. The molecule has 1 aromatic carbocycles. The van der Waals surface area contributed by atoms with Crippen LogP contribution in [0.2, 0.25) is 0 Å². The molecule has 0 saturated carbocycles. The summed E-state index contributed by atoms with van der Waals surface area (Å²) in [6.45, 7) is 0.205. The number of ketones is 1. The van der Waals surface area contributed by atoms with Gasteiger partial charge < -0.3 is 5.11 Å². The lowest BCUT2D eigenvalue weighted by atomic mass is 9.92. The number of carbonyl (C=O) groups excluding carboxylic acids is 1. The zero-order valence-corrected chi connectivity index (χ0v) is 12.6. The van der Waals surface area contributed by atoms with Gasteiger partial charge >= 0.3 is 5.97 Å². The fraction of sp³-hybridized carbons (Fsp3) is 0.250. The molecule has 114 valence electrons. The zero-order chi connectivity index (χ0) is 15.7. The van der Waals surface area contributed by atoms with Crippen LogP contribution in [-0.2, 0) is 29.1 Å². The maximum atomic E-state index is 11.7. The molecule has 5 nitrogen and oxygen atoms in total. The average molecular weight is 317 g/mol. The number of benzene rings is 1. The van der Waals surface area contributed by atoms with Crippen molar-refractivity contribution in [3.63, 3.8) is 0 Å². The number of carbonyl (C=O) groups is 2. The van der Waals surface area contributed by atoms with Gasteiger partial charge in [-0.1, -0.05) is 24.3 Å². The van der Waals surface area contributed by atoms with Crippen molar-refractivity contribution in [3.05, 3.63) is 45.8 Å². The quantitative estimate of drug-likeness (QED) is 0.846. The van der Waals surface area contributed by atoms with Crippen molar-refractivity contribution in [2.45, 2.75) is 25.9 Å².